The molecule has 1 aliphatic rings. The van der Waals surface area contributed by atoms with E-state index in [0.29, 0.717) is 35.1 Å². The number of carbonyl (C=O) groups is 2. The number of amides is 1. The number of rotatable bonds is 8. The van der Waals surface area contributed by atoms with Crippen molar-refractivity contribution >= 4 is 34.7 Å². The number of ketones is 1. The van der Waals surface area contributed by atoms with Crippen molar-refractivity contribution in [2.45, 2.75) is 19.9 Å². The van der Waals surface area contributed by atoms with Crippen LogP contribution in [-0.2, 0) is 9.59 Å². The lowest BCUT2D eigenvalue weighted by Crippen LogP contribution is -2.29. The smallest absolute Gasteiger partial charge is 0.300 e. The number of hydrogen-bond donors (Lipinski definition) is 1. The zero-order chi connectivity index (χ0) is 27.6. The largest absolute Gasteiger partial charge is 0.507 e. The Kier molecular flexibility index (Phi) is 7.83. The topological polar surface area (TPSA) is 94.5 Å². The normalized spacial score (nSPS) is 16.5. The number of aliphatic hydroxyl groups is 1. The van der Waals surface area contributed by atoms with E-state index in [1.54, 1.807) is 36.4 Å². The molecule has 0 radical (unpaired) electrons. The van der Waals surface area contributed by atoms with Gasteiger partial charge in [-0.05, 0) is 55.3 Å². The molecule has 1 fully saturated rings. The summed E-state index contributed by atoms with van der Waals surface area (Å²) in [6.07, 6.45) is 0. The second-order valence-electron chi connectivity index (χ2n) is 8.54. The summed E-state index contributed by atoms with van der Waals surface area (Å²) >= 11 is 6.35. The van der Waals surface area contributed by atoms with E-state index >= 15 is 0 Å². The van der Waals surface area contributed by atoms with Gasteiger partial charge in [0.1, 0.15) is 17.3 Å². The minimum atomic E-state index is -0.980. The van der Waals surface area contributed by atoms with Gasteiger partial charge in [0.2, 0.25) is 0 Å². The Labute approximate surface area is 225 Å². The first kappa shape index (κ1) is 26.9. The second-order valence-corrected chi connectivity index (χ2v) is 8.95. The number of methoxy groups -OCH3 is 3. The van der Waals surface area contributed by atoms with Gasteiger partial charge in [-0.25, -0.2) is 0 Å². The van der Waals surface area contributed by atoms with Crippen LogP contribution in [0.3, 0.4) is 0 Å². The zero-order valence-electron chi connectivity index (χ0n) is 21.7. The van der Waals surface area contributed by atoms with Crippen LogP contribution < -0.4 is 23.8 Å². The highest BCUT2D eigenvalue weighted by molar-refractivity contribution is 6.51. The summed E-state index contributed by atoms with van der Waals surface area (Å²) in [5.41, 5.74) is 1.96. The van der Waals surface area contributed by atoms with E-state index in [0.717, 1.165) is 5.56 Å². The Morgan fingerprint density at radius 3 is 2.26 bits per heavy atom. The first-order valence-corrected chi connectivity index (χ1v) is 12.2. The first-order chi connectivity index (χ1) is 18.2. The SMILES string of the molecule is CCOc1ccc(C2/C(=C(\O)c3cc(Cl)c(OC)cc3OC)C(=O)C(=O)N2c2cccc(C)c2)cc1OC. The summed E-state index contributed by atoms with van der Waals surface area (Å²) < 4.78 is 21.9. The van der Waals surface area contributed by atoms with Gasteiger partial charge in [-0.1, -0.05) is 29.8 Å². The average Bonchev–Trinajstić information content (AvgIpc) is 3.18. The number of anilines is 1. The summed E-state index contributed by atoms with van der Waals surface area (Å²) in [6, 6.07) is 14.3. The van der Waals surface area contributed by atoms with Gasteiger partial charge in [0.15, 0.2) is 11.5 Å². The number of nitrogens with zero attached hydrogens (tertiary/aromatic N) is 1. The molecule has 1 atom stereocenters. The molecule has 0 saturated carbocycles. The molecule has 3 aromatic carbocycles. The van der Waals surface area contributed by atoms with E-state index in [-0.39, 0.29) is 21.9 Å². The number of carbonyl (C=O) groups excluding carboxylic acids is 2. The highest BCUT2D eigenvalue weighted by atomic mass is 35.5. The Morgan fingerprint density at radius 1 is 0.921 bits per heavy atom. The summed E-state index contributed by atoms with van der Waals surface area (Å²) in [6.45, 7) is 4.17. The van der Waals surface area contributed by atoms with Gasteiger partial charge in [0.25, 0.3) is 11.7 Å². The number of hydrogen-bond acceptors (Lipinski definition) is 7. The maximum absolute atomic E-state index is 13.5. The van der Waals surface area contributed by atoms with E-state index in [2.05, 4.69) is 0 Å². The monoisotopic (exact) mass is 537 g/mol. The maximum Gasteiger partial charge on any atom is 0.300 e. The Morgan fingerprint density at radius 2 is 1.63 bits per heavy atom. The van der Waals surface area contributed by atoms with Crippen molar-refractivity contribution in [1.29, 1.82) is 0 Å². The van der Waals surface area contributed by atoms with Crippen LogP contribution in [-0.4, -0.2) is 44.7 Å². The van der Waals surface area contributed by atoms with Crippen LogP contribution in [0.2, 0.25) is 5.02 Å². The van der Waals surface area contributed by atoms with Crippen molar-refractivity contribution in [3.8, 4) is 23.0 Å². The van der Waals surface area contributed by atoms with E-state index in [4.69, 9.17) is 30.5 Å². The molecule has 8 nitrogen and oxygen atoms in total. The molecule has 1 aliphatic heterocycles. The molecular formula is C29H28ClNO7. The van der Waals surface area contributed by atoms with Crippen molar-refractivity contribution in [2.75, 3.05) is 32.8 Å². The highest BCUT2D eigenvalue weighted by Crippen LogP contribution is 2.46. The molecule has 1 saturated heterocycles. The van der Waals surface area contributed by atoms with Crippen LogP contribution in [0.15, 0.2) is 60.2 Å². The highest BCUT2D eigenvalue weighted by Gasteiger charge is 2.47. The van der Waals surface area contributed by atoms with Crippen molar-refractivity contribution in [2.24, 2.45) is 0 Å². The fourth-order valence-electron chi connectivity index (χ4n) is 4.51. The summed E-state index contributed by atoms with van der Waals surface area (Å²) in [5.74, 6) is -0.595. The number of aryl methyl sites for hydroxylation is 1. The predicted molar refractivity (Wildman–Crippen MR) is 145 cm³/mol. The lowest BCUT2D eigenvalue weighted by Gasteiger charge is -2.26. The Balaban J connectivity index is 2.01. The van der Waals surface area contributed by atoms with Gasteiger partial charge in [-0.15, -0.1) is 0 Å². The van der Waals surface area contributed by atoms with Gasteiger partial charge >= 0.3 is 0 Å². The Hall–Kier alpha value is -4.17. The molecule has 38 heavy (non-hydrogen) atoms. The number of Topliss-reactive ketones (excluding diaryl/α,β-unsaturated/α-hetero) is 1. The summed E-state index contributed by atoms with van der Waals surface area (Å²) in [4.78, 5) is 28.4. The molecule has 1 amide bonds. The maximum atomic E-state index is 13.5. The van der Waals surface area contributed by atoms with Crippen LogP contribution in [0, 0.1) is 6.92 Å². The van der Waals surface area contributed by atoms with Crippen LogP contribution in [0.25, 0.3) is 5.76 Å². The quantitative estimate of drug-likeness (QED) is 0.224. The van der Waals surface area contributed by atoms with Crippen LogP contribution in [0.5, 0.6) is 23.0 Å². The summed E-state index contributed by atoms with van der Waals surface area (Å²) in [7, 11) is 4.37. The molecule has 0 aromatic heterocycles. The molecule has 9 heteroatoms. The minimum absolute atomic E-state index is 0.123. The third-order valence-electron chi connectivity index (χ3n) is 6.26. The lowest BCUT2D eigenvalue weighted by atomic mass is 9.94. The standard InChI is InChI=1S/C29H28ClNO7/c1-6-38-21-11-10-17(13-24(21)37-5)26-25(27(32)19-14-20(30)23(36-4)15-22(19)35-3)28(33)29(34)31(26)18-9-7-8-16(2)12-18/h7-15,26,32H,6H2,1-5H3/b27-25+. The second kappa shape index (κ2) is 11.1. The van der Waals surface area contributed by atoms with E-state index in [1.165, 1.54) is 38.4 Å². The number of halogens is 1. The minimum Gasteiger partial charge on any atom is -0.507 e. The van der Waals surface area contributed by atoms with Crippen molar-refractivity contribution in [3.63, 3.8) is 0 Å². The zero-order valence-corrected chi connectivity index (χ0v) is 22.5. The molecule has 0 spiro atoms. The molecule has 1 unspecified atom stereocenters. The van der Waals surface area contributed by atoms with Gasteiger partial charge in [0, 0.05) is 11.8 Å². The van der Waals surface area contributed by atoms with Gasteiger partial charge in [-0.3, -0.25) is 14.5 Å². The van der Waals surface area contributed by atoms with Gasteiger partial charge < -0.3 is 24.1 Å². The number of ether oxygens (including phenoxy) is 4. The predicted octanol–water partition coefficient (Wildman–Crippen LogP) is 5.70. The first-order valence-electron chi connectivity index (χ1n) is 11.9. The summed E-state index contributed by atoms with van der Waals surface area (Å²) in [5, 5.41) is 11.8. The van der Waals surface area contributed by atoms with Crippen LogP contribution >= 0.6 is 11.6 Å². The van der Waals surface area contributed by atoms with Crippen LogP contribution in [0.1, 0.15) is 29.7 Å². The molecule has 4 rings (SSSR count). The van der Waals surface area contributed by atoms with E-state index < -0.39 is 23.5 Å². The number of aliphatic hydroxyl groups excluding tert-OH is 1. The van der Waals surface area contributed by atoms with E-state index in [1.807, 2.05) is 19.9 Å². The molecule has 0 bridgehead atoms. The van der Waals surface area contributed by atoms with Gasteiger partial charge in [-0.2, -0.15) is 0 Å². The molecule has 1 heterocycles. The van der Waals surface area contributed by atoms with Crippen molar-refractivity contribution < 1.29 is 33.6 Å². The molecule has 1 N–H and O–H groups in total. The molecule has 0 aliphatic carbocycles. The van der Waals surface area contributed by atoms with Crippen molar-refractivity contribution in [3.05, 3.63) is 81.9 Å². The molecule has 198 valence electrons. The van der Waals surface area contributed by atoms with Gasteiger partial charge in [0.05, 0.1) is 50.1 Å². The fraction of sp³-hybridized carbons (Fsp3) is 0.241. The van der Waals surface area contributed by atoms with E-state index in [9.17, 15) is 14.7 Å². The third-order valence-corrected chi connectivity index (χ3v) is 6.55. The average molecular weight is 538 g/mol. The van der Waals surface area contributed by atoms with Crippen LogP contribution in [0.4, 0.5) is 5.69 Å². The third kappa shape index (κ3) is 4.75. The van der Waals surface area contributed by atoms with Crippen molar-refractivity contribution in [1.82, 2.24) is 0 Å². The Bertz CT molecular complexity index is 1430. The molecule has 3 aromatic rings. The molecular weight excluding hydrogens is 510 g/mol. The lowest BCUT2D eigenvalue weighted by molar-refractivity contribution is -0.132. The number of benzene rings is 3. The fourth-order valence-corrected chi connectivity index (χ4v) is 4.75.